The third kappa shape index (κ3) is 5.90. The minimum absolute atomic E-state index is 0.0802. The molecule has 32 heavy (non-hydrogen) atoms. The first kappa shape index (κ1) is 24.3. The molecule has 6 nitrogen and oxygen atoms in total. The van der Waals surface area contributed by atoms with Crippen molar-refractivity contribution in [3.63, 3.8) is 0 Å². The number of ether oxygens (including phenoxy) is 1. The van der Waals surface area contributed by atoms with Crippen LogP contribution in [-0.4, -0.2) is 38.8 Å². The van der Waals surface area contributed by atoms with E-state index in [9.17, 15) is 13.2 Å². The second kappa shape index (κ2) is 11.0. The van der Waals surface area contributed by atoms with Gasteiger partial charge in [0.15, 0.2) is 0 Å². The highest BCUT2D eigenvalue weighted by molar-refractivity contribution is 7.89. The number of sulfonamides is 1. The van der Waals surface area contributed by atoms with E-state index in [2.05, 4.69) is 24.4 Å². The molecular formula is C25H34N2O4S. The molecule has 7 heteroatoms. The van der Waals surface area contributed by atoms with E-state index < -0.39 is 10.0 Å². The molecule has 1 fully saturated rings. The lowest BCUT2D eigenvalue weighted by Crippen LogP contribution is -2.35. The number of nitrogens with one attached hydrogen (secondary N) is 1. The van der Waals surface area contributed by atoms with E-state index in [0.29, 0.717) is 25.3 Å². The summed E-state index contributed by atoms with van der Waals surface area (Å²) >= 11 is 0. The van der Waals surface area contributed by atoms with Crippen molar-refractivity contribution in [2.45, 2.75) is 63.3 Å². The molecule has 0 aromatic heterocycles. The lowest BCUT2D eigenvalue weighted by Gasteiger charge is -2.26. The molecule has 0 bridgehead atoms. The molecular weight excluding hydrogens is 424 g/mol. The molecule has 0 aliphatic carbocycles. The minimum Gasteiger partial charge on any atom is -0.496 e. The highest BCUT2D eigenvalue weighted by Gasteiger charge is 2.26. The van der Waals surface area contributed by atoms with Gasteiger partial charge >= 0.3 is 0 Å². The van der Waals surface area contributed by atoms with Crippen molar-refractivity contribution in [2.75, 3.05) is 20.2 Å². The van der Waals surface area contributed by atoms with Crippen molar-refractivity contribution in [3.05, 3.63) is 59.2 Å². The number of nitrogens with zero attached hydrogens (tertiary/aromatic N) is 1. The zero-order valence-corrected chi connectivity index (χ0v) is 20.1. The molecule has 0 radical (unpaired) electrons. The molecule has 1 amide bonds. The Kier molecular flexibility index (Phi) is 8.32. The number of amides is 1. The largest absolute Gasteiger partial charge is 0.496 e. The number of carbonyl (C=O) groups is 1. The van der Waals surface area contributed by atoms with Crippen LogP contribution in [0.2, 0.25) is 0 Å². The molecule has 1 aliphatic heterocycles. The third-order valence-electron chi connectivity index (χ3n) is 6.09. The summed E-state index contributed by atoms with van der Waals surface area (Å²) in [7, 11) is -1.98. The second-order valence-electron chi connectivity index (χ2n) is 8.32. The van der Waals surface area contributed by atoms with Gasteiger partial charge in [0.1, 0.15) is 5.75 Å². The van der Waals surface area contributed by atoms with E-state index in [-0.39, 0.29) is 23.3 Å². The summed E-state index contributed by atoms with van der Waals surface area (Å²) in [6, 6.07) is 13.1. The van der Waals surface area contributed by atoms with Crippen molar-refractivity contribution in [1.82, 2.24) is 9.62 Å². The molecule has 1 aliphatic rings. The van der Waals surface area contributed by atoms with Crippen LogP contribution in [0.3, 0.4) is 0 Å². The third-order valence-corrected chi connectivity index (χ3v) is 7.99. The summed E-state index contributed by atoms with van der Waals surface area (Å²) in [5.41, 5.74) is 3.04. The molecule has 0 saturated carbocycles. The number of methoxy groups -OCH3 is 1. The van der Waals surface area contributed by atoms with Crippen LogP contribution in [-0.2, 0) is 27.7 Å². The summed E-state index contributed by atoms with van der Waals surface area (Å²) < 4.78 is 33.0. The summed E-state index contributed by atoms with van der Waals surface area (Å²) in [6.45, 7) is 5.19. The first-order valence-corrected chi connectivity index (χ1v) is 12.8. The maximum atomic E-state index is 13.0. The van der Waals surface area contributed by atoms with E-state index in [0.717, 1.165) is 36.8 Å². The molecule has 0 spiro atoms. The first-order valence-electron chi connectivity index (χ1n) is 11.4. The van der Waals surface area contributed by atoms with Crippen molar-refractivity contribution < 1.29 is 17.9 Å². The van der Waals surface area contributed by atoms with Crippen LogP contribution < -0.4 is 10.1 Å². The van der Waals surface area contributed by atoms with Gasteiger partial charge in [0, 0.05) is 19.5 Å². The van der Waals surface area contributed by atoms with E-state index in [1.54, 1.807) is 29.6 Å². The van der Waals surface area contributed by atoms with Crippen LogP contribution in [0, 0.1) is 0 Å². The number of piperidine rings is 1. The minimum atomic E-state index is -3.53. The van der Waals surface area contributed by atoms with Crippen LogP contribution in [0.5, 0.6) is 5.75 Å². The van der Waals surface area contributed by atoms with Gasteiger partial charge in [-0.3, -0.25) is 4.79 Å². The fourth-order valence-corrected chi connectivity index (χ4v) is 5.62. The number of benzene rings is 2. The fourth-order valence-electron chi connectivity index (χ4n) is 4.05. The van der Waals surface area contributed by atoms with Crippen molar-refractivity contribution in [3.8, 4) is 5.75 Å². The van der Waals surface area contributed by atoms with Crippen LogP contribution in [0.1, 0.15) is 62.3 Å². The predicted molar refractivity (Wildman–Crippen MR) is 126 cm³/mol. The van der Waals surface area contributed by atoms with E-state index in [4.69, 9.17) is 4.74 Å². The van der Waals surface area contributed by atoms with E-state index in [1.807, 2.05) is 19.1 Å². The molecule has 1 N–H and O–H groups in total. The standard InChI is InChI=1S/C25H34N2O4S/c1-4-20-8-10-21(11-9-20)19(2)26-25(28)15-12-22-18-23(13-14-24(22)31-3)32(29,30)27-16-6-5-7-17-27/h8-11,13-14,18-19H,4-7,12,15-17H2,1-3H3,(H,26,28)/t19-/m1/s1. The molecule has 1 heterocycles. The Bertz CT molecular complexity index is 1010. The number of hydrogen-bond donors (Lipinski definition) is 1. The molecule has 3 rings (SSSR count). The normalized spacial score (nSPS) is 15.8. The summed E-state index contributed by atoms with van der Waals surface area (Å²) in [6.07, 6.45) is 4.48. The highest BCUT2D eigenvalue weighted by atomic mass is 32.2. The second-order valence-corrected chi connectivity index (χ2v) is 10.3. The quantitative estimate of drug-likeness (QED) is 0.610. The van der Waals surface area contributed by atoms with Gasteiger partial charge in [-0.05, 0) is 67.5 Å². The van der Waals surface area contributed by atoms with Gasteiger partial charge in [-0.1, -0.05) is 37.6 Å². The number of hydrogen-bond acceptors (Lipinski definition) is 4. The lowest BCUT2D eigenvalue weighted by atomic mass is 10.0. The van der Waals surface area contributed by atoms with Gasteiger partial charge in [-0.15, -0.1) is 0 Å². The molecule has 1 saturated heterocycles. The number of rotatable bonds is 9. The Hall–Kier alpha value is -2.38. The maximum absolute atomic E-state index is 13.0. The molecule has 174 valence electrons. The van der Waals surface area contributed by atoms with Gasteiger partial charge in [0.05, 0.1) is 18.0 Å². The maximum Gasteiger partial charge on any atom is 0.243 e. The van der Waals surface area contributed by atoms with Crippen LogP contribution in [0.15, 0.2) is 47.4 Å². The summed E-state index contributed by atoms with van der Waals surface area (Å²) in [4.78, 5) is 12.8. The molecule has 1 atom stereocenters. The highest BCUT2D eigenvalue weighted by Crippen LogP contribution is 2.27. The zero-order chi connectivity index (χ0) is 23.1. The van der Waals surface area contributed by atoms with Crippen molar-refractivity contribution in [1.29, 1.82) is 0 Å². The lowest BCUT2D eigenvalue weighted by molar-refractivity contribution is -0.121. The van der Waals surface area contributed by atoms with Crippen molar-refractivity contribution in [2.24, 2.45) is 0 Å². The van der Waals surface area contributed by atoms with Gasteiger partial charge in [0.25, 0.3) is 0 Å². The monoisotopic (exact) mass is 458 g/mol. The summed E-state index contributed by atoms with van der Waals surface area (Å²) in [5, 5.41) is 3.03. The van der Waals surface area contributed by atoms with Gasteiger partial charge in [-0.2, -0.15) is 4.31 Å². The van der Waals surface area contributed by atoms with Gasteiger partial charge < -0.3 is 10.1 Å². The first-order chi connectivity index (χ1) is 15.3. The van der Waals surface area contributed by atoms with Crippen LogP contribution >= 0.6 is 0 Å². The van der Waals surface area contributed by atoms with Gasteiger partial charge in [-0.25, -0.2) is 8.42 Å². The number of aryl methyl sites for hydroxylation is 2. The Balaban J connectivity index is 1.66. The van der Waals surface area contributed by atoms with Crippen LogP contribution in [0.4, 0.5) is 0 Å². The Morgan fingerprint density at radius 2 is 1.78 bits per heavy atom. The average Bonchev–Trinajstić information content (AvgIpc) is 2.83. The van der Waals surface area contributed by atoms with Crippen LogP contribution in [0.25, 0.3) is 0 Å². The topological polar surface area (TPSA) is 75.7 Å². The van der Waals surface area contributed by atoms with E-state index >= 15 is 0 Å². The fraction of sp³-hybridized carbons (Fsp3) is 0.480. The molecule has 2 aromatic carbocycles. The number of carbonyl (C=O) groups excluding carboxylic acids is 1. The van der Waals surface area contributed by atoms with Gasteiger partial charge in [0.2, 0.25) is 15.9 Å². The Morgan fingerprint density at radius 3 is 2.41 bits per heavy atom. The smallest absolute Gasteiger partial charge is 0.243 e. The Morgan fingerprint density at radius 1 is 1.09 bits per heavy atom. The SMILES string of the molecule is CCc1ccc([C@@H](C)NC(=O)CCc2cc(S(=O)(=O)N3CCCCC3)ccc2OC)cc1. The predicted octanol–water partition coefficient (Wildman–Crippen LogP) is 4.24. The van der Waals surface area contributed by atoms with Crippen molar-refractivity contribution >= 4 is 15.9 Å². The molecule has 2 aromatic rings. The molecule has 0 unspecified atom stereocenters. The summed E-state index contributed by atoms with van der Waals surface area (Å²) in [5.74, 6) is 0.516. The average molecular weight is 459 g/mol. The van der Waals surface area contributed by atoms with E-state index in [1.165, 1.54) is 5.56 Å². The Labute approximate surface area is 192 Å². The zero-order valence-electron chi connectivity index (χ0n) is 19.3.